The summed E-state index contributed by atoms with van der Waals surface area (Å²) in [5, 5.41) is 0. The number of aryl methyl sites for hydroxylation is 2. The third kappa shape index (κ3) is 3.92. The van der Waals surface area contributed by atoms with E-state index in [0.29, 0.717) is 23.3 Å². The zero-order valence-corrected chi connectivity index (χ0v) is 10.3. The molecule has 0 aliphatic rings. The molecule has 0 spiro atoms. The largest absolute Gasteiger partial charge is 0.465 e. The van der Waals surface area contributed by atoms with Crippen molar-refractivity contribution in [3.05, 3.63) is 34.6 Å². The first kappa shape index (κ1) is 13.2. The van der Waals surface area contributed by atoms with Gasteiger partial charge in [-0.15, -0.1) is 0 Å². The number of hydrogen-bond acceptors (Lipinski definition) is 2. The van der Waals surface area contributed by atoms with E-state index < -0.39 is 0 Å². The van der Waals surface area contributed by atoms with Crippen LogP contribution in [0, 0.1) is 31.5 Å². The summed E-state index contributed by atoms with van der Waals surface area (Å²) in [5.41, 5.74) is 1.83. The maximum absolute atomic E-state index is 13.3. The Morgan fingerprint density at radius 1 is 1.35 bits per heavy atom. The molecule has 0 saturated heterocycles. The van der Waals surface area contributed by atoms with E-state index in [1.54, 1.807) is 32.9 Å². The van der Waals surface area contributed by atoms with Crippen molar-refractivity contribution in [2.75, 3.05) is 6.61 Å². The standard InChI is InChI=1S/C14H15FO2/c1-4-17-13(16)7-5-6-12-8-10(2)14(15)11(3)9-12/h8-9H,4,7H2,1-3H3. The Balaban J connectivity index is 2.76. The summed E-state index contributed by atoms with van der Waals surface area (Å²) in [4.78, 5) is 11.0. The molecule has 0 radical (unpaired) electrons. The van der Waals surface area contributed by atoms with Crippen LogP contribution in [-0.2, 0) is 9.53 Å². The van der Waals surface area contributed by atoms with E-state index in [1.165, 1.54) is 0 Å². The monoisotopic (exact) mass is 234 g/mol. The van der Waals surface area contributed by atoms with Crippen molar-refractivity contribution < 1.29 is 13.9 Å². The summed E-state index contributed by atoms with van der Waals surface area (Å²) in [6.07, 6.45) is 0.0588. The van der Waals surface area contributed by atoms with Gasteiger partial charge >= 0.3 is 5.97 Å². The van der Waals surface area contributed by atoms with E-state index in [-0.39, 0.29) is 18.2 Å². The van der Waals surface area contributed by atoms with Gasteiger partial charge in [0.2, 0.25) is 0 Å². The van der Waals surface area contributed by atoms with Crippen LogP contribution in [0.25, 0.3) is 0 Å². The van der Waals surface area contributed by atoms with Crippen LogP contribution in [-0.4, -0.2) is 12.6 Å². The van der Waals surface area contributed by atoms with Gasteiger partial charge in [0.25, 0.3) is 0 Å². The average Bonchev–Trinajstić information content (AvgIpc) is 2.26. The first-order valence-electron chi connectivity index (χ1n) is 5.45. The summed E-state index contributed by atoms with van der Waals surface area (Å²) in [5.74, 6) is 4.99. The van der Waals surface area contributed by atoms with Crippen LogP contribution in [0.4, 0.5) is 4.39 Å². The van der Waals surface area contributed by atoms with Crippen LogP contribution in [0.15, 0.2) is 12.1 Å². The zero-order chi connectivity index (χ0) is 12.8. The fourth-order valence-electron chi connectivity index (χ4n) is 1.45. The topological polar surface area (TPSA) is 26.3 Å². The number of carbonyl (C=O) groups excluding carboxylic acids is 1. The summed E-state index contributed by atoms with van der Waals surface area (Å²) in [7, 11) is 0. The maximum Gasteiger partial charge on any atom is 0.317 e. The number of hydrogen-bond donors (Lipinski definition) is 0. The van der Waals surface area contributed by atoms with Crippen LogP contribution in [0.5, 0.6) is 0 Å². The van der Waals surface area contributed by atoms with Gasteiger partial charge in [-0.2, -0.15) is 0 Å². The lowest BCUT2D eigenvalue weighted by atomic mass is 10.1. The molecule has 0 fully saturated rings. The van der Waals surface area contributed by atoms with E-state index in [1.807, 2.05) is 0 Å². The lowest BCUT2D eigenvalue weighted by molar-refractivity contribution is -0.141. The van der Waals surface area contributed by atoms with Gasteiger partial charge in [-0.25, -0.2) is 4.39 Å². The fourth-order valence-corrected chi connectivity index (χ4v) is 1.45. The summed E-state index contributed by atoms with van der Waals surface area (Å²) >= 11 is 0. The Hall–Kier alpha value is -1.82. The molecule has 1 rings (SSSR count). The summed E-state index contributed by atoms with van der Waals surface area (Å²) in [6.45, 7) is 5.49. The van der Waals surface area contributed by atoms with Crippen molar-refractivity contribution >= 4 is 5.97 Å². The average molecular weight is 234 g/mol. The molecule has 0 bridgehead atoms. The van der Waals surface area contributed by atoms with Crippen molar-refractivity contribution in [3.8, 4) is 11.8 Å². The highest BCUT2D eigenvalue weighted by atomic mass is 19.1. The number of esters is 1. The van der Waals surface area contributed by atoms with Crippen molar-refractivity contribution in [2.24, 2.45) is 0 Å². The third-order valence-corrected chi connectivity index (χ3v) is 2.21. The molecule has 0 atom stereocenters. The van der Waals surface area contributed by atoms with Gasteiger partial charge in [0.1, 0.15) is 12.2 Å². The Bertz CT molecular complexity index is 458. The molecule has 0 aliphatic heterocycles. The van der Waals surface area contributed by atoms with Gasteiger partial charge < -0.3 is 4.74 Å². The molecule has 0 aliphatic carbocycles. The minimum atomic E-state index is -0.337. The molecule has 0 aromatic heterocycles. The van der Waals surface area contributed by atoms with Gasteiger partial charge in [0, 0.05) is 5.56 Å². The molecular weight excluding hydrogens is 219 g/mol. The van der Waals surface area contributed by atoms with E-state index in [0.717, 1.165) is 0 Å². The van der Waals surface area contributed by atoms with E-state index >= 15 is 0 Å². The highest BCUT2D eigenvalue weighted by Crippen LogP contribution is 2.13. The molecule has 0 heterocycles. The number of benzene rings is 1. The highest BCUT2D eigenvalue weighted by molar-refractivity contribution is 5.72. The molecule has 3 heteroatoms. The predicted molar refractivity (Wildman–Crippen MR) is 64.0 cm³/mol. The van der Waals surface area contributed by atoms with Crippen molar-refractivity contribution in [2.45, 2.75) is 27.2 Å². The minimum absolute atomic E-state index is 0.0588. The lowest BCUT2D eigenvalue weighted by Gasteiger charge is -2.01. The quantitative estimate of drug-likeness (QED) is 0.581. The second kappa shape index (κ2) is 6.05. The first-order chi connectivity index (χ1) is 8.04. The molecule has 0 N–H and O–H groups in total. The molecule has 90 valence electrons. The van der Waals surface area contributed by atoms with E-state index in [2.05, 4.69) is 11.8 Å². The highest BCUT2D eigenvalue weighted by Gasteiger charge is 2.02. The van der Waals surface area contributed by atoms with Gasteiger partial charge in [0.15, 0.2) is 0 Å². The molecule has 0 saturated carbocycles. The molecule has 2 nitrogen and oxygen atoms in total. The van der Waals surface area contributed by atoms with Crippen LogP contribution in [0.1, 0.15) is 30.0 Å². The van der Waals surface area contributed by atoms with Crippen LogP contribution in [0.3, 0.4) is 0 Å². The molecule has 17 heavy (non-hydrogen) atoms. The predicted octanol–water partition coefficient (Wildman–Crippen LogP) is 2.75. The van der Waals surface area contributed by atoms with E-state index in [4.69, 9.17) is 4.74 Å². The Morgan fingerprint density at radius 3 is 2.47 bits per heavy atom. The van der Waals surface area contributed by atoms with Crippen LogP contribution < -0.4 is 0 Å². The number of halogens is 1. The summed E-state index contributed by atoms with van der Waals surface area (Å²) < 4.78 is 18.1. The second-order valence-corrected chi connectivity index (χ2v) is 3.71. The first-order valence-corrected chi connectivity index (χ1v) is 5.45. The molecule has 1 aromatic rings. The maximum atomic E-state index is 13.3. The molecule has 1 aromatic carbocycles. The van der Waals surface area contributed by atoms with Gasteiger partial charge in [-0.05, 0) is 44.0 Å². The zero-order valence-electron chi connectivity index (χ0n) is 10.3. The summed E-state index contributed by atoms with van der Waals surface area (Å²) in [6, 6.07) is 3.33. The van der Waals surface area contributed by atoms with Crippen molar-refractivity contribution in [1.82, 2.24) is 0 Å². The number of ether oxygens (including phenoxy) is 1. The minimum Gasteiger partial charge on any atom is -0.465 e. The van der Waals surface area contributed by atoms with Gasteiger partial charge in [0.05, 0.1) is 6.61 Å². The Labute approximate surface area is 101 Å². The van der Waals surface area contributed by atoms with E-state index in [9.17, 15) is 9.18 Å². The Morgan fingerprint density at radius 2 is 1.94 bits per heavy atom. The lowest BCUT2D eigenvalue weighted by Crippen LogP contribution is -2.01. The van der Waals surface area contributed by atoms with Crippen molar-refractivity contribution in [1.29, 1.82) is 0 Å². The van der Waals surface area contributed by atoms with Crippen LogP contribution in [0.2, 0.25) is 0 Å². The second-order valence-electron chi connectivity index (χ2n) is 3.71. The van der Waals surface area contributed by atoms with Gasteiger partial charge in [-0.3, -0.25) is 4.79 Å². The number of carbonyl (C=O) groups is 1. The molecule has 0 amide bonds. The molecule has 0 unspecified atom stereocenters. The third-order valence-electron chi connectivity index (χ3n) is 2.21. The Kier molecular flexibility index (Phi) is 4.71. The van der Waals surface area contributed by atoms with Gasteiger partial charge in [-0.1, -0.05) is 11.8 Å². The number of rotatable bonds is 2. The van der Waals surface area contributed by atoms with Crippen LogP contribution >= 0.6 is 0 Å². The smallest absolute Gasteiger partial charge is 0.317 e. The fraction of sp³-hybridized carbons (Fsp3) is 0.357. The normalized spacial score (nSPS) is 9.41. The van der Waals surface area contributed by atoms with Crippen molar-refractivity contribution in [3.63, 3.8) is 0 Å². The SMILES string of the molecule is CCOC(=O)CC#Cc1cc(C)c(F)c(C)c1. The molecular formula is C14H15FO2.